The number of ether oxygens (including phenoxy) is 1. The van der Waals surface area contributed by atoms with Crippen molar-refractivity contribution < 1.29 is 4.74 Å². The van der Waals surface area contributed by atoms with Crippen molar-refractivity contribution in [1.82, 2.24) is 20.1 Å². The highest BCUT2D eigenvalue weighted by Crippen LogP contribution is 2.09. The van der Waals surface area contributed by atoms with Crippen molar-refractivity contribution in [3.8, 4) is 0 Å². The number of nitrogens with one attached hydrogen (secondary N) is 1. The fraction of sp³-hybridized carbons (Fsp3) is 0.778. The third-order valence-electron chi connectivity index (χ3n) is 2.28. The van der Waals surface area contributed by atoms with Crippen molar-refractivity contribution in [2.45, 2.75) is 6.54 Å². The van der Waals surface area contributed by atoms with E-state index in [-0.39, 0.29) is 0 Å². The zero-order chi connectivity index (χ0) is 10.7. The average Bonchev–Trinajstić information content (AvgIpc) is 2.67. The molecule has 2 rings (SSSR count). The van der Waals surface area contributed by atoms with Crippen LogP contribution in [0.3, 0.4) is 0 Å². The summed E-state index contributed by atoms with van der Waals surface area (Å²) < 4.78 is 5.28. The van der Waals surface area contributed by atoms with E-state index in [1.165, 1.54) is 0 Å². The summed E-state index contributed by atoms with van der Waals surface area (Å²) in [5, 5.41) is 7.15. The largest absolute Gasteiger partial charge is 0.378 e. The summed E-state index contributed by atoms with van der Waals surface area (Å²) in [6.45, 7) is 4.06. The van der Waals surface area contributed by atoms with Gasteiger partial charge in [0.2, 0.25) is 5.95 Å². The van der Waals surface area contributed by atoms with Gasteiger partial charge in [-0.25, -0.2) is 0 Å². The number of hydrogen-bond acceptors (Lipinski definition) is 5. The van der Waals surface area contributed by atoms with Gasteiger partial charge in [-0.15, -0.1) is 5.10 Å². The first kappa shape index (κ1) is 10.4. The van der Waals surface area contributed by atoms with E-state index in [0.717, 1.165) is 44.6 Å². The Labute approximate surface area is 89.2 Å². The van der Waals surface area contributed by atoms with Gasteiger partial charge in [-0.05, 0) is 14.1 Å². The minimum absolute atomic E-state index is 0.761. The van der Waals surface area contributed by atoms with Crippen molar-refractivity contribution >= 4 is 5.95 Å². The predicted molar refractivity (Wildman–Crippen MR) is 56.8 cm³/mol. The molecule has 6 nitrogen and oxygen atoms in total. The van der Waals surface area contributed by atoms with Gasteiger partial charge in [0.1, 0.15) is 5.82 Å². The highest BCUT2D eigenvalue weighted by Gasteiger charge is 2.15. The Morgan fingerprint density at radius 2 is 2.13 bits per heavy atom. The maximum absolute atomic E-state index is 5.28. The van der Waals surface area contributed by atoms with Gasteiger partial charge in [0.15, 0.2) is 0 Å². The summed E-state index contributed by atoms with van der Waals surface area (Å²) in [5.74, 6) is 1.69. The Bertz CT molecular complexity index is 305. The van der Waals surface area contributed by atoms with Crippen molar-refractivity contribution in [3.05, 3.63) is 5.82 Å². The molecule has 0 spiro atoms. The highest BCUT2D eigenvalue weighted by molar-refractivity contribution is 5.28. The zero-order valence-corrected chi connectivity index (χ0v) is 9.23. The van der Waals surface area contributed by atoms with E-state index in [2.05, 4.69) is 25.0 Å². The molecular formula is C9H17N5O. The zero-order valence-electron chi connectivity index (χ0n) is 9.23. The minimum atomic E-state index is 0.761. The molecule has 0 radical (unpaired) electrons. The van der Waals surface area contributed by atoms with Crippen LogP contribution in [0.25, 0.3) is 0 Å². The lowest BCUT2D eigenvalue weighted by Crippen LogP contribution is -2.36. The lowest BCUT2D eigenvalue weighted by molar-refractivity contribution is 0.122. The van der Waals surface area contributed by atoms with Crippen LogP contribution < -0.4 is 4.90 Å². The second-order valence-corrected chi connectivity index (χ2v) is 3.92. The molecule has 84 valence electrons. The molecular weight excluding hydrogens is 194 g/mol. The second kappa shape index (κ2) is 4.59. The molecule has 1 aromatic rings. The number of anilines is 1. The number of morpholine rings is 1. The molecule has 0 aromatic carbocycles. The maximum Gasteiger partial charge on any atom is 0.244 e. The van der Waals surface area contributed by atoms with Crippen LogP contribution in [0.15, 0.2) is 0 Å². The van der Waals surface area contributed by atoms with Gasteiger partial charge < -0.3 is 14.5 Å². The molecule has 1 aliphatic heterocycles. The Morgan fingerprint density at radius 3 is 2.80 bits per heavy atom. The standard InChI is InChI=1S/C9H17N5O/c1-13(2)7-8-10-9(12-11-8)14-3-5-15-6-4-14/h3-7H2,1-2H3,(H,10,11,12). The van der Waals surface area contributed by atoms with Crippen molar-refractivity contribution in [1.29, 1.82) is 0 Å². The minimum Gasteiger partial charge on any atom is -0.378 e. The molecule has 1 saturated heterocycles. The van der Waals surface area contributed by atoms with Crippen molar-refractivity contribution in [2.24, 2.45) is 0 Å². The van der Waals surface area contributed by atoms with E-state index in [1.807, 2.05) is 14.1 Å². The molecule has 1 aliphatic rings. The van der Waals surface area contributed by atoms with Gasteiger partial charge in [-0.1, -0.05) is 0 Å². The number of H-pyrrole nitrogens is 1. The van der Waals surface area contributed by atoms with Crippen LogP contribution >= 0.6 is 0 Å². The van der Waals surface area contributed by atoms with Crippen LogP contribution in [0, 0.1) is 0 Å². The van der Waals surface area contributed by atoms with Crippen LogP contribution in [-0.4, -0.2) is 60.5 Å². The van der Waals surface area contributed by atoms with Gasteiger partial charge >= 0.3 is 0 Å². The molecule has 0 bridgehead atoms. The normalized spacial score (nSPS) is 17.4. The lowest BCUT2D eigenvalue weighted by atomic mass is 10.4. The lowest BCUT2D eigenvalue weighted by Gasteiger charge is -2.25. The topological polar surface area (TPSA) is 57.3 Å². The van der Waals surface area contributed by atoms with Crippen LogP contribution in [0.1, 0.15) is 5.82 Å². The molecule has 1 aromatic heterocycles. The first-order valence-corrected chi connectivity index (χ1v) is 5.14. The van der Waals surface area contributed by atoms with Crippen LogP contribution in [0.2, 0.25) is 0 Å². The average molecular weight is 211 g/mol. The van der Waals surface area contributed by atoms with Gasteiger partial charge in [0, 0.05) is 13.1 Å². The third-order valence-corrected chi connectivity index (χ3v) is 2.28. The van der Waals surface area contributed by atoms with E-state index in [0.29, 0.717) is 0 Å². The monoisotopic (exact) mass is 211 g/mol. The van der Waals surface area contributed by atoms with Crippen molar-refractivity contribution in [2.75, 3.05) is 45.3 Å². The first-order chi connectivity index (χ1) is 7.25. The van der Waals surface area contributed by atoms with Gasteiger partial charge in [0.05, 0.1) is 19.8 Å². The van der Waals surface area contributed by atoms with Crippen LogP contribution in [0.5, 0.6) is 0 Å². The van der Waals surface area contributed by atoms with E-state index >= 15 is 0 Å². The number of aromatic amines is 1. The molecule has 1 fully saturated rings. The third kappa shape index (κ3) is 2.66. The van der Waals surface area contributed by atoms with Gasteiger partial charge in [0.25, 0.3) is 0 Å². The summed E-state index contributed by atoms with van der Waals surface area (Å²) in [6, 6.07) is 0. The summed E-state index contributed by atoms with van der Waals surface area (Å²) in [7, 11) is 4.02. The van der Waals surface area contributed by atoms with E-state index in [4.69, 9.17) is 4.74 Å². The first-order valence-electron chi connectivity index (χ1n) is 5.14. The number of nitrogens with zero attached hydrogens (tertiary/aromatic N) is 4. The molecule has 1 N–H and O–H groups in total. The summed E-state index contributed by atoms with van der Waals surface area (Å²) >= 11 is 0. The van der Waals surface area contributed by atoms with E-state index in [1.54, 1.807) is 0 Å². The van der Waals surface area contributed by atoms with E-state index < -0.39 is 0 Å². The molecule has 6 heteroatoms. The Balaban J connectivity index is 1.99. The SMILES string of the molecule is CN(C)Cc1nc(N2CCOCC2)n[nH]1. The number of aromatic nitrogens is 3. The molecule has 0 aliphatic carbocycles. The van der Waals surface area contributed by atoms with Crippen LogP contribution in [0.4, 0.5) is 5.95 Å². The van der Waals surface area contributed by atoms with E-state index in [9.17, 15) is 0 Å². The summed E-state index contributed by atoms with van der Waals surface area (Å²) in [5.41, 5.74) is 0. The summed E-state index contributed by atoms with van der Waals surface area (Å²) in [6.07, 6.45) is 0. The molecule has 0 saturated carbocycles. The Hall–Kier alpha value is -1.14. The maximum atomic E-state index is 5.28. The van der Waals surface area contributed by atoms with Crippen LogP contribution in [-0.2, 0) is 11.3 Å². The predicted octanol–water partition coefficient (Wildman–Crippen LogP) is -0.297. The quantitative estimate of drug-likeness (QED) is 0.744. The number of rotatable bonds is 3. The highest BCUT2D eigenvalue weighted by atomic mass is 16.5. The molecule has 0 amide bonds. The molecule has 15 heavy (non-hydrogen) atoms. The number of hydrogen-bond donors (Lipinski definition) is 1. The fourth-order valence-corrected chi connectivity index (χ4v) is 1.56. The molecule has 2 heterocycles. The van der Waals surface area contributed by atoms with Gasteiger partial charge in [-0.2, -0.15) is 4.98 Å². The Morgan fingerprint density at radius 1 is 1.40 bits per heavy atom. The Kier molecular flexibility index (Phi) is 3.17. The molecule has 0 unspecified atom stereocenters. The smallest absolute Gasteiger partial charge is 0.244 e. The van der Waals surface area contributed by atoms with Gasteiger partial charge in [-0.3, -0.25) is 5.10 Å². The summed E-state index contributed by atoms with van der Waals surface area (Å²) in [4.78, 5) is 8.63. The second-order valence-electron chi connectivity index (χ2n) is 3.92. The molecule has 0 atom stereocenters. The van der Waals surface area contributed by atoms with Crippen molar-refractivity contribution in [3.63, 3.8) is 0 Å². The fourth-order valence-electron chi connectivity index (χ4n) is 1.56.